The smallest absolute Gasteiger partial charge is 0.244 e. The molecule has 148 valence electrons. The fourth-order valence-corrected chi connectivity index (χ4v) is 4.37. The highest BCUT2D eigenvalue weighted by Crippen LogP contribution is 2.32. The summed E-state index contributed by atoms with van der Waals surface area (Å²) in [5.41, 5.74) is 3.73. The van der Waals surface area contributed by atoms with E-state index in [0.717, 1.165) is 48.3 Å². The van der Waals surface area contributed by atoms with Crippen molar-refractivity contribution >= 4 is 17.1 Å². The number of amides is 1. The zero-order valence-corrected chi connectivity index (χ0v) is 16.4. The van der Waals surface area contributed by atoms with Crippen molar-refractivity contribution < 1.29 is 4.79 Å². The molecule has 0 aliphatic carbocycles. The van der Waals surface area contributed by atoms with Crippen LogP contribution in [0.4, 0.5) is 5.69 Å². The van der Waals surface area contributed by atoms with Crippen LogP contribution >= 0.6 is 0 Å². The average molecular weight is 389 g/mol. The molecular formula is C21H23N7O. The van der Waals surface area contributed by atoms with Gasteiger partial charge in [-0.3, -0.25) is 9.48 Å². The Morgan fingerprint density at radius 1 is 1.10 bits per heavy atom. The van der Waals surface area contributed by atoms with Crippen LogP contribution in [0.3, 0.4) is 0 Å². The predicted octanol–water partition coefficient (Wildman–Crippen LogP) is 2.34. The van der Waals surface area contributed by atoms with Crippen LogP contribution < -0.4 is 4.90 Å². The Hall–Kier alpha value is -3.18. The van der Waals surface area contributed by atoms with Crippen LogP contribution in [0, 0.1) is 17.2 Å². The molecule has 0 bridgehead atoms. The minimum absolute atomic E-state index is 0.126. The first kappa shape index (κ1) is 17.9. The Morgan fingerprint density at radius 3 is 2.69 bits per heavy atom. The molecule has 8 nitrogen and oxygen atoms in total. The molecule has 1 amide bonds. The maximum Gasteiger partial charge on any atom is 0.244 e. The standard InChI is InChI=1S/C21H23N7O/c1-25-7-4-18(5-8-25)27-14-17(12-24-27)16-10-20-19(2-6-23-28(20)13-16)26-9-3-15(11-22)21(26)29/h2,6,10,12-15,18H,3-5,7-9H2,1H3. The molecule has 5 heterocycles. The molecule has 2 saturated heterocycles. The number of carbonyl (C=O) groups is 1. The maximum absolute atomic E-state index is 12.5. The van der Waals surface area contributed by atoms with Crippen molar-refractivity contribution in [1.82, 2.24) is 24.3 Å². The van der Waals surface area contributed by atoms with Gasteiger partial charge in [-0.25, -0.2) is 4.52 Å². The lowest BCUT2D eigenvalue weighted by Gasteiger charge is -2.28. The van der Waals surface area contributed by atoms with E-state index in [1.807, 2.05) is 24.5 Å². The molecular weight excluding hydrogens is 366 g/mol. The van der Waals surface area contributed by atoms with E-state index in [4.69, 9.17) is 5.26 Å². The summed E-state index contributed by atoms with van der Waals surface area (Å²) in [6.45, 7) is 2.75. The topological polar surface area (TPSA) is 82.5 Å². The van der Waals surface area contributed by atoms with Gasteiger partial charge in [-0.05, 0) is 51.5 Å². The maximum atomic E-state index is 12.5. The van der Waals surface area contributed by atoms with Crippen LogP contribution in [0.25, 0.3) is 16.6 Å². The van der Waals surface area contributed by atoms with Crippen LogP contribution in [0.1, 0.15) is 25.3 Å². The van der Waals surface area contributed by atoms with Crippen molar-refractivity contribution in [1.29, 1.82) is 5.26 Å². The first-order valence-electron chi connectivity index (χ1n) is 10.1. The number of rotatable bonds is 3. The third kappa shape index (κ3) is 3.08. The lowest BCUT2D eigenvalue weighted by molar-refractivity contribution is -0.118. The number of nitrogens with zero attached hydrogens (tertiary/aromatic N) is 7. The fourth-order valence-electron chi connectivity index (χ4n) is 4.37. The predicted molar refractivity (Wildman–Crippen MR) is 108 cm³/mol. The van der Waals surface area contributed by atoms with Crippen molar-refractivity contribution in [2.75, 3.05) is 31.6 Å². The van der Waals surface area contributed by atoms with E-state index in [1.54, 1.807) is 15.6 Å². The molecule has 8 heteroatoms. The van der Waals surface area contributed by atoms with Gasteiger partial charge in [0.05, 0.1) is 29.5 Å². The number of fused-ring (bicyclic) bond motifs is 1. The molecule has 2 aliphatic heterocycles. The molecule has 0 saturated carbocycles. The normalized spacial score (nSPS) is 21.2. The number of hydrogen-bond donors (Lipinski definition) is 0. The Kier molecular flexibility index (Phi) is 4.32. The third-order valence-electron chi connectivity index (χ3n) is 6.14. The monoisotopic (exact) mass is 389 g/mol. The van der Waals surface area contributed by atoms with E-state index in [0.29, 0.717) is 19.0 Å². The van der Waals surface area contributed by atoms with Gasteiger partial charge >= 0.3 is 0 Å². The summed E-state index contributed by atoms with van der Waals surface area (Å²) >= 11 is 0. The van der Waals surface area contributed by atoms with Crippen LogP contribution in [0.2, 0.25) is 0 Å². The highest BCUT2D eigenvalue weighted by Gasteiger charge is 2.33. The van der Waals surface area contributed by atoms with Crippen molar-refractivity contribution in [3.8, 4) is 17.2 Å². The Bertz CT molecular complexity index is 1100. The zero-order chi connectivity index (χ0) is 20.0. The number of aromatic nitrogens is 4. The second-order valence-electron chi connectivity index (χ2n) is 7.98. The zero-order valence-electron chi connectivity index (χ0n) is 16.4. The van der Waals surface area contributed by atoms with Crippen LogP contribution in [-0.2, 0) is 4.79 Å². The van der Waals surface area contributed by atoms with E-state index in [9.17, 15) is 4.79 Å². The lowest BCUT2D eigenvalue weighted by atomic mass is 10.1. The Balaban J connectivity index is 1.46. The quantitative estimate of drug-likeness (QED) is 0.687. The summed E-state index contributed by atoms with van der Waals surface area (Å²) in [5, 5.41) is 18.2. The largest absolute Gasteiger partial charge is 0.309 e. The van der Waals surface area contributed by atoms with E-state index < -0.39 is 5.92 Å². The first-order chi connectivity index (χ1) is 14.1. The summed E-state index contributed by atoms with van der Waals surface area (Å²) in [5.74, 6) is -0.677. The second-order valence-corrected chi connectivity index (χ2v) is 7.98. The van der Waals surface area contributed by atoms with Crippen LogP contribution in [0.5, 0.6) is 0 Å². The lowest BCUT2D eigenvalue weighted by Crippen LogP contribution is -2.31. The molecule has 2 aliphatic rings. The molecule has 0 spiro atoms. The molecule has 1 unspecified atom stereocenters. The highest BCUT2D eigenvalue weighted by atomic mass is 16.2. The van der Waals surface area contributed by atoms with E-state index >= 15 is 0 Å². The summed E-state index contributed by atoms with van der Waals surface area (Å²) in [7, 11) is 2.16. The Morgan fingerprint density at radius 2 is 1.93 bits per heavy atom. The molecule has 3 aromatic heterocycles. The number of carbonyl (C=O) groups excluding carboxylic acids is 1. The Labute approximate surface area is 168 Å². The summed E-state index contributed by atoms with van der Waals surface area (Å²) in [6.07, 6.45) is 10.5. The number of anilines is 1. The molecule has 5 rings (SSSR count). The molecule has 0 aromatic carbocycles. The summed E-state index contributed by atoms with van der Waals surface area (Å²) < 4.78 is 3.88. The molecule has 0 N–H and O–H groups in total. The molecule has 0 radical (unpaired) electrons. The van der Waals surface area contributed by atoms with Gasteiger partial charge in [0, 0.05) is 36.3 Å². The van der Waals surface area contributed by atoms with Crippen LogP contribution in [0.15, 0.2) is 36.9 Å². The van der Waals surface area contributed by atoms with Crippen molar-refractivity contribution in [3.05, 3.63) is 36.9 Å². The number of piperidine rings is 1. The van der Waals surface area contributed by atoms with Crippen molar-refractivity contribution in [2.45, 2.75) is 25.3 Å². The number of hydrogen-bond acceptors (Lipinski definition) is 5. The third-order valence-corrected chi connectivity index (χ3v) is 6.14. The van der Waals surface area contributed by atoms with E-state index in [-0.39, 0.29) is 5.91 Å². The molecule has 3 aromatic rings. The van der Waals surface area contributed by atoms with Crippen molar-refractivity contribution in [3.63, 3.8) is 0 Å². The van der Waals surface area contributed by atoms with Gasteiger partial charge in [0.25, 0.3) is 0 Å². The molecule has 2 fully saturated rings. The van der Waals surface area contributed by atoms with Gasteiger partial charge in [0.2, 0.25) is 5.91 Å². The fraction of sp³-hybridized carbons (Fsp3) is 0.429. The second kappa shape index (κ2) is 7.01. The van der Waals surface area contributed by atoms with Gasteiger partial charge in [-0.2, -0.15) is 15.5 Å². The summed E-state index contributed by atoms with van der Waals surface area (Å²) in [6, 6.07) is 6.43. The SMILES string of the molecule is CN1CCC(n2cc(-c3cc4c(N5CCC(C#N)C5=O)ccnn4c3)cn2)CC1. The molecule has 29 heavy (non-hydrogen) atoms. The van der Waals surface area contributed by atoms with Crippen molar-refractivity contribution in [2.24, 2.45) is 5.92 Å². The summed E-state index contributed by atoms with van der Waals surface area (Å²) in [4.78, 5) is 16.6. The minimum atomic E-state index is -0.551. The number of likely N-dealkylation sites (tertiary alicyclic amines) is 1. The molecule has 1 atom stereocenters. The first-order valence-corrected chi connectivity index (χ1v) is 10.1. The number of nitriles is 1. The van der Waals surface area contributed by atoms with E-state index in [2.05, 4.69) is 39.1 Å². The van der Waals surface area contributed by atoms with Gasteiger partial charge in [-0.1, -0.05) is 0 Å². The van der Waals surface area contributed by atoms with E-state index in [1.165, 1.54) is 0 Å². The van der Waals surface area contributed by atoms with Gasteiger partial charge in [0.15, 0.2) is 0 Å². The van der Waals surface area contributed by atoms with Gasteiger partial charge < -0.3 is 9.80 Å². The van der Waals surface area contributed by atoms with Gasteiger partial charge in [-0.15, -0.1) is 0 Å². The van der Waals surface area contributed by atoms with Gasteiger partial charge in [0.1, 0.15) is 5.92 Å². The average Bonchev–Trinajstić information content (AvgIpc) is 3.46. The van der Waals surface area contributed by atoms with Crippen LogP contribution in [-0.4, -0.2) is 56.9 Å². The minimum Gasteiger partial charge on any atom is -0.309 e. The highest BCUT2D eigenvalue weighted by molar-refractivity contribution is 6.02.